The van der Waals surface area contributed by atoms with Gasteiger partial charge in [-0.3, -0.25) is 4.79 Å². The third kappa shape index (κ3) is 2.40. The number of fused-ring (bicyclic) bond motifs is 3. The molecule has 2 aromatic carbocycles. The molecule has 0 spiro atoms. The van der Waals surface area contributed by atoms with Crippen LogP contribution in [0.4, 0.5) is 11.4 Å². The fraction of sp³-hybridized carbons (Fsp3) is 0.200. The third-order valence-corrected chi connectivity index (χ3v) is 4.86. The van der Waals surface area contributed by atoms with Crippen LogP contribution in [0, 0.1) is 5.92 Å². The van der Waals surface area contributed by atoms with E-state index < -0.39 is 0 Å². The highest BCUT2D eigenvalue weighted by atomic mass is 16.1. The van der Waals surface area contributed by atoms with Crippen LogP contribution in [0.5, 0.6) is 0 Å². The van der Waals surface area contributed by atoms with E-state index in [0.717, 1.165) is 29.6 Å². The minimum atomic E-state index is -0.261. The van der Waals surface area contributed by atoms with Gasteiger partial charge in [0, 0.05) is 11.6 Å². The van der Waals surface area contributed by atoms with E-state index in [-0.39, 0.29) is 23.8 Å². The Bertz CT molecular complexity index is 814. The van der Waals surface area contributed by atoms with Gasteiger partial charge in [0.05, 0.1) is 17.3 Å². The summed E-state index contributed by atoms with van der Waals surface area (Å²) >= 11 is 0. The monoisotopic (exact) mass is 318 g/mol. The number of carbonyl (C=O) groups excluding carboxylic acids is 2. The number of nitrogens with one attached hydrogen (secondary N) is 2. The van der Waals surface area contributed by atoms with Crippen molar-refractivity contribution < 1.29 is 9.59 Å². The molecular formula is C20H18N2O2. The first-order valence-corrected chi connectivity index (χ1v) is 8.16. The second-order valence-corrected chi connectivity index (χ2v) is 6.25. The Kier molecular flexibility index (Phi) is 3.65. The summed E-state index contributed by atoms with van der Waals surface area (Å²) in [4.78, 5) is 24.2. The Morgan fingerprint density at radius 1 is 1.12 bits per heavy atom. The average Bonchev–Trinajstić information content (AvgIpc) is 3.11. The van der Waals surface area contributed by atoms with E-state index in [4.69, 9.17) is 0 Å². The van der Waals surface area contributed by atoms with Crippen LogP contribution in [0.1, 0.15) is 28.3 Å². The Labute approximate surface area is 140 Å². The maximum atomic E-state index is 12.7. The normalized spacial score (nSPS) is 23.8. The molecule has 3 atom stereocenters. The van der Waals surface area contributed by atoms with Crippen LogP contribution in [0.15, 0.2) is 60.7 Å². The number of rotatable bonds is 3. The fourth-order valence-corrected chi connectivity index (χ4v) is 3.70. The van der Waals surface area contributed by atoms with Crippen molar-refractivity contribution in [2.24, 2.45) is 5.92 Å². The predicted molar refractivity (Wildman–Crippen MR) is 94.3 cm³/mol. The van der Waals surface area contributed by atoms with Gasteiger partial charge in [-0.1, -0.05) is 42.5 Å². The van der Waals surface area contributed by atoms with Gasteiger partial charge in [0.1, 0.15) is 6.29 Å². The highest BCUT2D eigenvalue weighted by Gasteiger charge is 2.38. The number of benzene rings is 2. The highest BCUT2D eigenvalue weighted by Crippen LogP contribution is 2.45. The summed E-state index contributed by atoms with van der Waals surface area (Å²) in [6.45, 7) is 0. The summed E-state index contributed by atoms with van der Waals surface area (Å²) in [5, 5.41) is 6.20. The van der Waals surface area contributed by atoms with Crippen LogP contribution >= 0.6 is 0 Å². The molecule has 1 aliphatic heterocycles. The zero-order valence-electron chi connectivity index (χ0n) is 13.1. The van der Waals surface area contributed by atoms with Crippen molar-refractivity contribution in [1.82, 2.24) is 0 Å². The molecule has 4 heteroatoms. The largest absolute Gasteiger partial charge is 0.374 e. The van der Waals surface area contributed by atoms with Crippen molar-refractivity contribution in [2.75, 3.05) is 10.6 Å². The number of anilines is 2. The van der Waals surface area contributed by atoms with Crippen LogP contribution in [0.2, 0.25) is 0 Å². The molecular weight excluding hydrogens is 300 g/mol. The topological polar surface area (TPSA) is 58.2 Å². The van der Waals surface area contributed by atoms with Crippen LogP contribution < -0.4 is 10.6 Å². The number of hydrogen-bond donors (Lipinski definition) is 2. The Morgan fingerprint density at radius 3 is 2.75 bits per heavy atom. The van der Waals surface area contributed by atoms with Gasteiger partial charge in [-0.25, -0.2) is 0 Å². The van der Waals surface area contributed by atoms with Gasteiger partial charge in [-0.2, -0.15) is 0 Å². The molecule has 0 aromatic heterocycles. The molecule has 1 aliphatic carbocycles. The lowest BCUT2D eigenvalue weighted by Gasteiger charge is -2.35. The average molecular weight is 318 g/mol. The second-order valence-electron chi connectivity index (χ2n) is 6.25. The van der Waals surface area contributed by atoms with Crippen molar-refractivity contribution in [2.45, 2.75) is 18.4 Å². The lowest BCUT2D eigenvalue weighted by atomic mass is 9.79. The molecule has 4 nitrogen and oxygen atoms in total. The maximum absolute atomic E-state index is 12.7. The summed E-state index contributed by atoms with van der Waals surface area (Å²) in [5.41, 5.74) is 3.19. The summed E-state index contributed by atoms with van der Waals surface area (Å²) < 4.78 is 0. The lowest BCUT2D eigenvalue weighted by molar-refractivity contribution is -0.109. The number of amides is 1. The van der Waals surface area contributed by atoms with Crippen molar-refractivity contribution in [3.05, 3.63) is 71.8 Å². The van der Waals surface area contributed by atoms with Crippen molar-refractivity contribution in [3.63, 3.8) is 0 Å². The number of aldehydes is 1. The molecule has 2 aliphatic rings. The van der Waals surface area contributed by atoms with Crippen molar-refractivity contribution in [1.29, 1.82) is 0 Å². The molecule has 0 saturated heterocycles. The molecule has 0 bridgehead atoms. The molecule has 1 heterocycles. The molecule has 0 fully saturated rings. The Hall–Kier alpha value is -2.88. The van der Waals surface area contributed by atoms with E-state index in [1.54, 1.807) is 6.07 Å². The van der Waals surface area contributed by atoms with Crippen LogP contribution in [0.3, 0.4) is 0 Å². The first-order chi connectivity index (χ1) is 11.8. The first-order valence-electron chi connectivity index (χ1n) is 8.16. The molecule has 120 valence electrons. The molecule has 2 N–H and O–H groups in total. The minimum absolute atomic E-state index is 0.171. The first kappa shape index (κ1) is 14.7. The van der Waals surface area contributed by atoms with E-state index >= 15 is 0 Å². The van der Waals surface area contributed by atoms with Gasteiger partial charge in [0.2, 0.25) is 0 Å². The van der Waals surface area contributed by atoms with Gasteiger partial charge in [0.25, 0.3) is 5.91 Å². The van der Waals surface area contributed by atoms with E-state index in [1.807, 2.05) is 42.5 Å². The second kappa shape index (κ2) is 5.96. The van der Waals surface area contributed by atoms with Crippen LogP contribution in [0.25, 0.3) is 0 Å². The SMILES string of the molecule is O=CC1Nc2c(C(=O)Nc3ccccc3)cccc2C2C=CCC12. The lowest BCUT2D eigenvalue weighted by Crippen LogP contribution is -2.38. The van der Waals surface area contributed by atoms with Gasteiger partial charge in [0.15, 0.2) is 0 Å². The van der Waals surface area contributed by atoms with E-state index in [1.165, 1.54) is 0 Å². The van der Waals surface area contributed by atoms with E-state index in [2.05, 4.69) is 22.8 Å². The third-order valence-electron chi connectivity index (χ3n) is 4.86. The zero-order chi connectivity index (χ0) is 16.5. The summed E-state index contributed by atoms with van der Waals surface area (Å²) in [7, 11) is 0. The summed E-state index contributed by atoms with van der Waals surface area (Å²) in [6, 6.07) is 14.8. The summed E-state index contributed by atoms with van der Waals surface area (Å²) in [5.74, 6) is 0.263. The smallest absolute Gasteiger partial charge is 0.257 e. The van der Waals surface area contributed by atoms with E-state index in [0.29, 0.717) is 5.56 Å². The van der Waals surface area contributed by atoms with Crippen molar-refractivity contribution in [3.8, 4) is 0 Å². The Morgan fingerprint density at radius 2 is 1.96 bits per heavy atom. The predicted octanol–water partition coefficient (Wildman–Crippen LogP) is 3.59. The number of carbonyl (C=O) groups is 2. The zero-order valence-corrected chi connectivity index (χ0v) is 13.1. The number of hydrogen-bond acceptors (Lipinski definition) is 3. The standard InChI is InChI=1S/C20H18N2O2/c23-12-18-15-9-4-8-14(15)16-10-5-11-17(19(16)22-18)20(24)21-13-6-2-1-3-7-13/h1-8,10-12,14-15,18,22H,9H2,(H,21,24). The Balaban J connectivity index is 1.71. The van der Waals surface area contributed by atoms with Crippen LogP contribution in [-0.4, -0.2) is 18.2 Å². The van der Waals surface area contributed by atoms with Crippen molar-refractivity contribution >= 4 is 23.6 Å². The molecule has 1 amide bonds. The molecule has 2 aromatic rings. The molecule has 24 heavy (non-hydrogen) atoms. The van der Waals surface area contributed by atoms with Gasteiger partial charge >= 0.3 is 0 Å². The van der Waals surface area contributed by atoms with Gasteiger partial charge in [-0.15, -0.1) is 0 Å². The number of allylic oxidation sites excluding steroid dienone is 2. The number of para-hydroxylation sites is 2. The highest BCUT2D eigenvalue weighted by molar-refractivity contribution is 6.09. The fourth-order valence-electron chi connectivity index (χ4n) is 3.70. The quantitative estimate of drug-likeness (QED) is 0.671. The van der Waals surface area contributed by atoms with Gasteiger partial charge < -0.3 is 15.4 Å². The molecule has 0 radical (unpaired) electrons. The minimum Gasteiger partial charge on any atom is -0.374 e. The molecule has 3 unspecified atom stereocenters. The molecule has 4 rings (SSSR count). The van der Waals surface area contributed by atoms with E-state index in [9.17, 15) is 9.59 Å². The van der Waals surface area contributed by atoms with Crippen LogP contribution in [-0.2, 0) is 4.79 Å². The maximum Gasteiger partial charge on any atom is 0.257 e. The van der Waals surface area contributed by atoms with Gasteiger partial charge in [-0.05, 0) is 36.1 Å². The summed E-state index contributed by atoms with van der Waals surface area (Å²) in [6.07, 6.45) is 6.12. The molecule has 0 saturated carbocycles.